The Bertz CT molecular complexity index is 878. The van der Waals surface area contributed by atoms with Crippen molar-refractivity contribution in [2.75, 3.05) is 6.54 Å². The van der Waals surface area contributed by atoms with Crippen LogP contribution >= 0.6 is 11.3 Å². The van der Waals surface area contributed by atoms with Crippen LogP contribution < -0.4 is 5.32 Å². The number of carbonyl (C=O) groups is 1. The van der Waals surface area contributed by atoms with Gasteiger partial charge in [-0.15, -0.1) is 11.3 Å². The van der Waals surface area contributed by atoms with Crippen molar-refractivity contribution in [3.63, 3.8) is 0 Å². The van der Waals surface area contributed by atoms with Crippen molar-refractivity contribution in [3.05, 3.63) is 52.5 Å². The minimum absolute atomic E-state index is 0.00914. The molecule has 5 heteroatoms. The lowest BCUT2D eigenvalue weighted by Crippen LogP contribution is -2.25. The first-order chi connectivity index (χ1) is 13.3. The molecule has 2 aromatic heterocycles. The highest BCUT2D eigenvalue weighted by Gasteiger charge is 2.16. The number of carbonyl (C=O) groups excluding carboxylic acids is 1. The number of nitrogens with one attached hydrogen (secondary N) is 1. The second kappa shape index (κ2) is 8.70. The normalized spacial score (nSPS) is 15.3. The molecule has 1 N–H and O–H groups in total. The molecule has 27 heavy (non-hydrogen) atoms. The van der Waals surface area contributed by atoms with Crippen LogP contribution in [0.1, 0.15) is 54.0 Å². The lowest BCUT2D eigenvalue weighted by molar-refractivity contribution is 0.0958. The van der Waals surface area contributed by atoms with E-state index >= 15 is 0 Å². The van der Waals surface area contributed by atoms with E-state index in [4.69, 9.17) is 4.98 Å². The molecule has 1 aliphatic carbocycles. The fourth-order valence-corrected chi connectivity index (χ4v) is 4.78. The molecule has 0 bridgehead atoms. The van der Waals surface area contributed by atoms with Crippen LogP contribution in [0.3, 0.4) is 0 Å². The quantitative estimate of drug-likeness (QED) is 0.623. The van der Waals surface area contributed by atoms with Gasteiger partial charge >= 0.3 is 0 Å². The molecule has 4 rings (SSSR count). The molecule has 0 saturated heterocycles. The topological polar surface area (TPSA) is 46.9 Å². The highest BCUT2D eigenvalue weighted by molar-refractivity contribution is 7.12. The van der Waals surface area contributed by atoms with Gasteiger partial charge in [0.15, 0.2) is 0 Å². The summed E-state index contributed by atoms with van der Waals surface area (Å²) in [6.45, 7) is 1.64. The number of thiophene rings is 1. The van der Waals surface area contributed by atoms with E-state index in [2.05, 4.69) is 28.1 Å². The molecule has 0 unspecified atom stereocenters. The van der Waals surface area contributed by atoms with Gasteiger partial charge in [0.25, 0.3) is 5.91 Å². The Morgan fingerprint density at radius 3 is 2.81 bits per heavy atom. The fraction of sp³-hybridized carbons (Fsp3) is 0.455. The highest BCUT2D eigenvalue weighted by Crippen LogP contribution is 2.28. The van der Waals surface area contributed by atoms with Crippen molar-refractivity contribution in [1.29, 1.82) is 0 Å². The van der Waals surface area contributed by atoms with Crippen LogP contribution in [0.5, 0.6) is 0 Å². The number of fused-ring (bicyclic) bond motifs is 1. The van der Waals surface area contributed by atoms with Crippen molar-refractivity contribution >= 4 is 28.3 Å². The molecule has 0 spiro atoms. The van der Waals surface area contributed by atoms with E-state index in [1.54, 1.807) is 0 Å². The number of benzene rings is 1. The standard InChI is InChI=1S/C22H27N3OS/c26-22(20-11-6-16-27-20)23-14-12-21-24-18-9-4-5-10-19(18)25(21)15-13-17-7-2-1-3-8-17/h4-6,9-11,16-17H,1-3,7-8,12-15H2,(H,23,26). The van der Waals surface area contributed by atoms with Gasteiger partial charge in [0.1, 0.15) is 5.82 Å². The smallest absolute Gasteiger partial charge is 0.261 e. The van der Waals surface area contributed by atoms with Crippen molar-refractivity contribution in [3.8, 4) is 0 Å². The second-order valence-electron chi connectivity index (χ2n) is 7.44. The van der Waals surface area contributed by atoms with Crippen molar-refractivity contribution in [2.45, 2.75) is 51.5 Å². The Kier molecular flexibility index (Phi) is 5.87. The van der Waals surface area contributed by atoms with Gasteiger partial charge in [0.05, 0.1) is 15.9 Å². The van der Waals surface area contributed by atoms with E-state index < -0.39 is 0 Å². The molecule has 1 aliphatic rings. The maximum Gasteiger partial charge on any atom is 0.261 e. The Morgan fingerprint density at radius 1 is 1.15 bits per heavy atom. The summed E-state index contributed by atoms with van der Waals surface area (Å²) in [5.74, 6) is 1.94. The zero-order valence-electron chi connectivity index (χ0n) is 15.7. The van der Waals surface area contributed by atoms with E-state index in [-0.39, 0.29) is 5.91 Å². The number of aryl methyl sites for hydroxylation is 1. The van der Waals surface area contributed by atoms with Gasteiger partial charge in [-0.25, -0.2) is 4.98 Å². The summed E-state index contributed by atoms with van der Waals surface area (Å²) in [5.41, 5.74) is 2.27. The number of rotatable bonds is 7. The molecule has 1 aromatic carbocycles. The Hall–Kier alpha value is -2.14. The average molecular weight is 382 g/mol. The zero-order valence-corrected chi connectivity index (χ0v) is 16.5. The number of nitrogens with zero attached hydrogens (tertiary/aromatic N) is 2. The summed E-state index contributed by atoms with van der Waals surface area (Å²) in [4.78, 5) is 17.8. The molecule has 0 radical (unpaired) electrons. The van der Waals surface area contributed by atoms with Gasteiger partial charge in [-0.1, -0.05) is 50.3 Å². The molecule has 1 saturated carbocycles. The molecule has 3 aromatic rings. The van der Waals surface area contributed by atoms with Crippen LogP contribution in [-0.4, -0.2) is 22.0 Å². The average Bonchev–Trinajstić information content (AvgIpc) is 3.35. The molecule has 1 fully saturated rings. The first-order valence-corrected chi connectivity index (χ1v) is 10.9. The van der Waals surface area contributed by atoms with Crippen molar-refractivity contribution < 1.29 is 4.79 Å². The van der Waals surface area contributed by atoms with Gasteiger partial charge in [0, 0.05) is 19.5 Å². The van der Waals surface area contributed by atoms with E-state index in [0.717, 1.165) is 35.1 Å². The first kappa shape index (κ1) is 18.2. The number of aromatic nitrogens is 2. The van der Waals surface area contributed by atoms with Gasteiger partial charge in [0.2, 0.25) is 0 Å². The van der Waals surface area contributed by atoms with Crippen LogP contribution in [0.2, 0.25) is 0 Å². The minimum atomic E-state index is 0.00914. The number of amides is 1. The summed E-state index contributed by atoms with van der Waals surface area (Å²) in [6.07, 6.45) is 8.91. The van der Waals surface area contributed by atoms with Gasteiger partial charge in [-0.2, -0.15) is 0 Å². The van der Waals surface area contributed by atoms with Crippen molar-refractivity contribution in [1.82, 2.24) is 14.9 Å². The maximum atomic E-state index is 12.2. The summed E-state index contributed by atoms with van der Waals surface area (Å²) in [6, 6.07) is 12.1. The lowest BCUT2D eigenvalue weighted by atomic mass is 9.87. The largest absolute Gasteiger partial charge is 0.351 e. The SMILES string of the molecule is O=C(NCCc1nc2ccccc2n1CCC1CCCCC1)c1cccs1. The predicted molar refractivity (Wildman–Crippen MR) is 111 cm³/mol. The zero-order chi connectivity index (χ0) is 18.5. The van der Waals surface area contributed by atoms with Crippen LogP contribution in [-0.2, 0) is 13.0 Å². The van der Waals surface area contributed by atoms with Crippen LogP contribution in [0.25, 0.3) is 11.0 Å². The van der Waals surface area contributed by atoms with E-state index in [9.17, 15) is 4.79 Å². The predicted octanol–water partition coefficient (Wildman–Crippen LogP) is 5.04. The molecule has 4 nitrogen and oxygen atoms in total. The highest BCUT2D eigenvalue weighted by atomic mass is 32.1. The molecule has 0 atom stereocenters. The molecular weight excluding hydrogens is 354 g/mol. The summed E-state index contributed by atoms with van der Waals surface area (Å²) >= 11 is 1.48. The lowest BCUT2D eigenvalue weighted by Gasteiger charge is -2.22. The third kappa shape index (κ3) is 4.41. The van der Waals surface area contributed by atoms with Crippen LogP contribution in [0.15, 0.2) is 41.8 Å². The molecule has 142 valence electrons. The Morgan fingerprint density at radius 2 is 2.00 bits per heavy atom. The number of hydrogen-bond donors (Lipinski definition) is 1. The van der Waals surface area contributed by atoms with Gasteiger partial charge in [-0.05, 0) is 35.9 Å². The number of imidazole rings is 1. The molecule has 2 heterocycles. The van der Waals surface area contributed by atoms with E-state index in [1.165, 1.54) is 55.4 Å². The monoisotopic (exact) mass is 381 g/mol. The Labute approximate surface area is 164 Å². The first-order valence-electron chi connectivity index (χ1n) is 10.1. The van der Waals surface area contributed by atoms with Gasteiger partial charge < -0.3 is 9.88 Å². The summed E-state index contributed by atoms with van der Waals surface area (Å²) < 4.78 is 2.38. The van der Waals surface area contributed by atoms with E-state index in [0.29, 0.717) is 6.54 Å². The fourth-order valence-electron chi connectivity index (χ4n) is 4.14. The van der Waals surface area contributed by atoms with Crippen LogP contribution in [0, 0.1) is 5.92 Å². The molecule has 0 aliphatic heterocycles. The molecule has 1 amide bonds. The maximum absolute atomic E-state index is 12.2. The third-order valence-electron chi connectivity index (χ3n) is 5.60. The minimum Gasteiger partial charge on any atom is -0.351 e. The van der Waals surface area contributed by atoms with E-state index in [1.807, 2.05) is 23.6 Å². The van der Waals surface area contributed by atoms with Crippen molar-refractivity contribution in [2.24, 2.45) is 5.92 Å². The third-order valence-corrected chi connectivity index (χ3v) is 6.47. The molecular formula is C22H27N3OS. The number of para-hydroxylation sites is 2. The Balaban J connectivity index is 1.43. The van der Waals surface area contributed by atoms with Gasteiger partial charge in [-0.3, -0.25) is 4.79 Å². The van der Waals surface area contributed by atoms with Crippen LogP contribution in [0.4, 0.5) is 0 Å². The summed E-state index contributed by atoms with van der Waals surface area (Å²) in [7, 11) is 0. The summed E-state index contributed by atoms with van der Waals surface area (Å²) in [5, 5.41) is 4.96. The second-order valence-corrected chi connectivity index (χ2v) is 8.39. The number of hydrogen-bond acceptors (Lipinski definition) is 3.